The summed E-state index contributed by atoms with van der Waals surface area (Å²) in [5.74, 6) is 0.439. The minimum Gasteiger partial charge on any atom is -0.465 e. The Morgan fingerprint density at radius 2 is 2.21 bits per heavy atom. The Hall–Kier alpha value is -1.39. The number of nitrogens with zero attached hydrogens (tertiary/aromatic N) is 2. The van der Waals surface area contributed by atoms with E-state index in [2.05, 4.69) is 10.1 Å². The van der Waals surface area contributed by atoms with Gasteiger partial charge in [-0.3, -0.25) is 4.79 Å². The third kappa shape index (κ3) is 1.92. The number of hydrogen-bond donors (Lipinski definition) is 0. The van der Waals surface area contributed by atoms with E-state index in [0.717, 1.165) is 0 Å². The van der Waals surface area contributed by atoms with Crippen LogP contribution < -0.4 is 0 Å². The highest BCUT2D eigenvalue weighted by atomic mass is 16.5. The predicted octanol–water partition coefficient (Wildman–Crippen LogP) is 1.22. The van der Waals surface area contributed by atoms with Crippen molar-refractivity contribution in [1.82, 2.24) is 10.1 Å². The van der Waals surface area contributed by atoms with Crippen LogP contribution in [0, 0.1) is 6.92 Å². The van der Waals surface area contributed by atoms with Gasteiger partial charge in [0.2, 0.25) is 5.89 Å². The molecule has 78 valence electrons. The molecule has 0 saturated carbocycles. The molecule has 0 radical (unpaired) electrons. The van der Waals surface area contributed by atoms with Crippen molar-refractivity contribution in [2.75, 3.05) is 6.61 Å². The molecular formula is C9H14N2O3. The van der Waals surface area contributed by atoms with E-state index in [-0.39, 0.29) is 11.9 Å². The molecule has 14 heavy (non-hydrogen) atoms. The maximum Gasteiger partial charge on any atom is 0.321 e. The fourth-order valence-corrected chi connectivity index (χ4v) is 0.950. The minimum absolute atomic E-state index is 0.286. The molecule has 0 aliphatic carbocycles. The van der Waals surface area contributed by atoms with Crippen molar-refractivity contribution < 1.29 is 14.1 Å². The molecule has 1 heterocycles. The molecule has 0 aliphatic rings. The zero-order valence-corrected chi connectivity index (χ0v) is 8.83. The van der Waals surface area contributed by atoms with Crippen LogP contribution in [0.15, 0.2) is 4.52 Å². The summed E-state index contributed by atoms with van der Waals surface area (Å²) >= 11 is 0. The lowest BCUT2D eigenvalue weighted by Crippen LogP contribution is -2.31. The summed E-state index contributed by atoms with van der Waals surface area (Å²) in [6, 6.07) is 0. The van der Waals surface area contributed by atoms with Gasteiger partial charge in [-0.1, -0.05) is 5.16 Å². The van der Waals surface area contributed by atoms with Gasteiger partial charge in [-0.15, -0.1) is 0 Å². The second-order valence-corrected chi connectivity index (χ2v) is 3.49. The van der Waals surface area contributed by atoms with E-state index in [1.165, 1.54) is 0 Å². The van der Waals surface area contributed by atoms with Crippen LogP contribution in [-0.2, 0) is 14.9 Å². The number of carbonyl (C=O) groups is 1. The number of ether oxygens (including phenoxy) is 1. The van der Waals surface area contributed by atoms with Gasteiger partial charge in [0.1, 0.15) is 5.41 Å². The monoisotopic (exact) mass is 198 g/mol. The van der Waals surface area contributed by atoms with Crippen LogP contribution in [-0.4, -0.2) is 22.7 Å². The molecule has 5 heteroatoms. The molecule has 0 aliphatic heterocycles. The number of hydrogen-bond acceptors (Lipinski definition) is 5. The Labute approximate surface area is 82.4 Å². The van der Waals surface area contributed by atoms with Crippen LogP contribution in [0.4, 0.5) is 0 Å². The molecule has 0 unspecified atom stereocenters. The summed E-state index contributed by atoms with van der Waals surface area (Å²) < 4.78 is 9.84. The summed E-state index contributed by atoms with van der Waals surface area (Å²) in [4.78, 5) is 15.5. The molecule has 0 spiro atoms. The van der Waals surface area contributed by atoms with Crippen LogP contribution in [0.3, 0.4) is 0 Å². The molecular weight excluding hydrogens is 184 g/mol. The van der Waals surface area contributed by atoms with E-state index in [1.807, 2.05) is 0 Å². The highest BCUT2D eigenvalue weighted by Crippen LogP contribution is 2.22. The van der Waals surface area contributed by atoms with E-state index >= 15 is 0 Å². The second kappa shape index (κ2) is 3.77. The Bertz CT molecular complexity index is 331. The third-order valence-corrected chi connectivity index (χ3v) is 1.85. The standard InChI is InChI=1S/C9H14N2O3/c1-5-13-8(12)9(3,4)7-10-6(2)11-14-7/h5H2,1-4H3. The van der Waals surface area contributed by atoms with Crippen molar-refractivity contribution in [3.05, 3.63) is 11.7 Å². The zero-order valence-electron chi connectivity index (χ0n) is 8.83. The SMILES string of the molecule is CCOC(=O)C(C)(C)c1nc(C)no1. The Morgan fingerprint density at radius 3 is 2.64 bits per heavy atom. The summed E-state index contributed by atoms with van der Waals surface area (Å²) in [6.45, 7) is 7.19. The largest absolute Gasteiger partial charge is 0.465 e. The summed E-state index contributed by atoms with van der Waals surface area (Å²) in [5, 5.41) is 3.63. The van der Waals surface area contributed by atoms with Crippen LogP contribution in [0.5, 0.6) is 0 Å². The van der Waals surface area contributed by atoms with Gasteiger partial charge in [-0.2, -0.15) is 4.98 Å². The van der Waals surface area contributed by atoms with E-state index in [0.29, 0.717) is 12.4 Å². The number of rotatable bonds is 3. The van der Waals surface area contributed by atoms with Crippen molar-refractivity contribution in [2.45, 2.75) is 33.1 Å². The van der Waals surface area contributed by atoms with Gasteiger partial charge in [0.05, 0.1) is 6.61 Å². The van der Waals surface area contributed by atoms with E-state index in [1.54, 1.807) is 27.7 Å². The van der Waals surface area contributed by atoms with Crippen LogP contribution >= 0.6 is 0 Å². The van der Waals surface area contributed by atoms with Crippen LogP contribution in [0.2, 0.25) is 0 Å². The van der Waals surface area contributed by atoms with Gasteiger partial charge in [0.25, 0.3) is 0 Å². The number of aromatic nitrogens is 2. The van der Waals surface area contributed by atoms with Crippen molar-refractivity contribution in [1.29, 1.82) is 0 Å². The fourth-order valence-electron chi connectivity index (χ4n) is 0.950. The van der Waals surface area contributed by atoms with Crippen LogP contribution in [0.1, 0.15) is 32.5 Å². The van der Waals surface area contributed by atoms with Gasteiger partial charge in [-0.25, -0.2) is 0 Å². The molecule has 1 aromatic rings. The summed E-state index contributed by atoms with van der Waals surface area (Å²) in [7, 11) is 0. The Balaban J connectivity index is 2.89. The second-order valence-electron chi connectivity index (χ2n) is 3.49. The quantitative estimate of drug-likeness (QED) is 0.683. The first-order valence-electron chi connectivity index (χ1n) is 4.46. The van der Waals surface area contributed by atoms with Gasteiger partial charge in [0, 0.05) is 0 Å². The maximum absolute atomic E-state index is 11.5. The fraction of sp³-hybridized carbons (Fsp3) is 0.667. The molecule has 0 bridgehead atoms. The van der Waals surface area contributed by atoms with E-state index < -0.39 is 5.41 Å². The van der Waals surface area contributed by atoms with Crippen LogP contribution in [0.25, 0.3) is 0 Å². The Kier molecular flexibility index (Phi) is 2.88. The smallest absolute Gasteiger partial charge is 0.321 e. The molecule has 0 atom stereocenters. The lowest BCUT2D eigenvalue weighted by molar-refractivity contribution is -0.149. The van der Waals surface area contributed by atoms with Gasteiger partial charge in [-0.05, 0) is 27.7 Å². The average Bonchev–Trinajstić information content (AvgIpc) is 2.52. The van der Waals surface area contributed by atoms with Gasteiger partial charge >= 0.3 is 5.97 Å². The highest BCUT2D eigenvalue weighted by molar-refractivity contribution is 5.80. The first kappa shape index (κ1) is 10.7. The van der Waals surface area contributed by atoms with Gasteiger partial charge < -0.3 is 9.26 Å². The van der Waals surface area contributed by atoms with Crippen molar-refractivity contribution >= 4 is 5.97 Å². The molecule has 1 rings (SSSR count). The Morgan fingerprint density at radius 1 is 1.57 bits per heavy atom. The van der Waals surface area contributed by atoms with Gasteiger partial charge in [0.15, 0.2) is 5.82 Å². The first-order valence-corrected chi connectivity index (χ1v) is 4.46. The van der Waals surface area contributed by atoms with Crippen molar-refractivity contribution in [2.24, 2.45) is 0 Å². The topological polar surface area (TPSA) is 65.2 Å². The molecule has 0 fully saturated rings. The number of esters is 1. The van der Waals surface area contributed by atoms with Crippen molar-refractivity contribution in [3.63, 3.8) is 0 Å². The molecule has 0 saturated heterocycles. The lowest BCUT2D eigenvalue weighted by atomic mass is 9.94. The predicted molar refractivity (Wildman–Crippen MR) is 48.7 cm³/mol. The summed E-state index contributed by atoms with van der Waals surface area (Å²) in [5.41, 5.74) is -0.878. The van der Waals surface area contributed by atoms with Crippen molar-refractivity contribution in [3.8, 4) is 0 Å². The molecule has 0 amide bonds. The van der Waals surface area contributed by atoms with E-state index in [9.17, 15) is 4.79 Å². The normalized spacial score (nSPS) is 11.4. The average molecular weight is 198 g/mol. The van der Waals surface area contributed by atoms with E-state index in [4.69, 9.17) is 9.26 Å². The molecule has 0 aromatic carbocycles. The highest BCUT2D eigenvalue weighted by Gasteiger charge is 2.37. The lowest BCUT2D eigenvalue weighted by Gasteiger charge is -2.16. The molecule has 1 aromatic heterocycles. The molecule has 0 N–H and O–H groups in total. The first-order chi connectivity index (χ1) is 6.48. The third-order valence-electron chi connectivity index (χ3n) is 1.85. The number of carbonyl (C=O) groups excluding carboxylic acids is 1. The zero-order chi connectivity index (χ0) is 10.8. The number of aryl methyl sites for hydroxylation is 1. The molecule has 5 nitrogen and oxygen atoms in total. The maximum atomic E-state index is 11.5. The minimum atomic E-state index is -0.878. The summed E-state index contributed by atoms with van der Waals surface area (Å²) in [6.07, 6.45) is 0.